The van der Waals surface area contributed by atoms with E-state index in [2.05, 4.69) is 26.1 Å². The zero-order chi connectivity index (χ0) is 29.7. The number of carboxylic acid groups (broad SMARTS) is 1. The van der Waals surface area contributed by atoms with Crippen molar-refractivity contribution >= 4 is 11.9 Å². The Bertz CT molecular complexity index is 1140. The molecule has 4 aliphatic carbocycles. The molecular weight excluding hydrogens is 522 g/mol. The lowest BCUT2D eigenvalue weighted by Gasteiger charge is -2.62. The van der Waals surface area contributed by atoms with Gasteiger partial charge in [0, 0.05) is 12.8 Å². The highest BCUT2D eigenvalue weighted by atomic mass is 16.4. The maximum atomic E-state index is 12.9. The van der Waals surface area contributed by atoms with Gasteiger partial charge in [-0.3, -0.25) is 4.79 Å². The number of rotatable bonds is 8. The molecule has 0 aliphatic heterocycles. The molecule has 0 spiro atoms. The molecule has 41 heavy (non-hydrogen) atoms. The highest BCUT2D eigenvalue weighted by Gasteiger charge is 2.62. The average molecular weight is 572 g/mol. The summed E-state index contributed by atoms with van der Waals surface area (Å²) in [4.78, 5) is 24.7. The molecule has 0 saturated heterocycles. The van der Waals surface area contributed by atoms with Crippen LogP contribution in [0.3, 0.4) is 0 Å². The highest BCUT2D eigenvalue weighted by Crippen LogP contribution is 2.68. The number of carbonyl (C=O) groups excluding carboxylic acids is 1. The minimum atomic E-state index is -1.14. The van der Waals surface area contributed by atoms with Crippen LogP contribution >= 0.6 is 0 Å². The van der Waals surface area contributed by atoms with Crippen LogP contribution in [-0.4, -0.2) is 55.7 Å². The molecule has 11 atom stereocenters. The van der Waals surface area contributed by atoms with E-state index in [4.69, 9.17) is 0 Å². The number of hydrogen-bond donors (Lipinski definition) is 6. The summed E-state index contributed by atoms with van der Waals surface area (Å²) in [6.45, 7) is 7.07. The van der Waals surface area contributed by atoms with E-state index in [-0.39, 0.29) is 59.2 Å². The van der Waals surface area contributed by atoms with Crippen LogP contribution in [0.2, 0.25) is 0 Å². The Kier molecular flexibility index (Phi) is 8.38. The number of carboxylic acids is 1. The van der Waals surface area contributed by atoms with Crippen molar-refractivity contribution in [2.45, 2.75) is 110 Å². The first-order valence-electron chi connectivity index (χ1n) is 15.7. The number of aliphatic carboxylic acids is 1. The second-order valence-corrected chi connectivity index (χ2v) is 14.5. The Morgan fingerprint density at radius 2 is 1.66 bits per heavy atom. The van der Waals surface area contributed by atoms with Gasteiger partial charge < -0.3 is 30.8 Å². The molecule has 4 aliphatic rings. The van der Waals surface area contributed by atoms with E-state index in [1.807, 2.05) is 0 Å². The molecule has 8 heteroatoms. The number of benzene rings is 1. The van der Waals surface area contributed by atoms with E-state index in [9.17, 15) is 35.1 Å². The molecule has 0 bridgehead atoms. The van der Waals surface area contributed by atoms with E-state index in [1.54, 1.807) is 0 Å². The van der Waals surface area contributed by atoms with Crippen LogP contribution < -0.4 is 5.32 Å². The summed E-state index contributed by atoms with van der Waals surface area (Å²) in [5.74, 6) is 0.672. The van der Waals surface area contributed by atoms with Gasteiger partial charge >= 0.3 is 5.97 Å². The van der Waals surface area contributed by atoms with E-state index in [1.165, 1.54) is 31.0 Å². The second-order valence-electron chi connectivity index (χ2n) is 14.5. The molecule has 1 aromatic rings. The molecule has 6 N–H and O–H groups in total. The fourth-order valence-electron chi connectivity index (χ4n) is 10.2. The summed E-state index contributed by atoms with van der Waals surface area (Å²) in [5.41, 5.74) is 0.794. The lowest BCUT2D eigenvalue weighted by atomic mass is 9.44. The van der Waals surface area contributed by atoms with Gasteiger partial charge in [0.2, 0.25) is 5.91 Å². The van der Waals surface area contributed by atoms with Crippen molar-refractivity contribution in [2.24, 2.45) is 46.3 Å². The van der Waals surface area contributed by atoms with Crippen LogP contribution in [0.5, 0.6) is 11.5 Å². The van der Waals surface area contributed by atoms with Gasteiger partial charge in [0.25, 0.3) is 0 Å². The molecule has 4 saturated carbocycles. The van der Waals surface area contributed by atoms with Gasteiger partial charge in [-0.05, 0) is 122 Å². The van der Waals surface area contributed by atoms with Crippen LogP contribution in [0.15, 0.2) is 18.2 Å². The summed E-state index contributed by atoms with van der Waals surface area (Å²) < 4.78 is 0. The van der Waals surface area contributed by atoms with Crippen molar-refractivity contribution in [3.05, 3.63) is 23.8 Å². The summed E-state index contributed by atoms with van der Waals surface area (Å²) >= 11 is 0. The highest BCUT2D eigenvalue weighted by molar-refractivity contribution is 5.83. The van der Waals surface area contributed by atoms with E-state index in [0.29, 0.717) is 41.6 Å². The van der Waals surface area contributed by atoms with Gasteiger partial charge in [-0.25, -0.2) is 4.79 Å². The molecule has 4 fully saturated rings. The zero-order valence-corrected chi connectivity index (χ0v) is 24.8. The number of amides is 1. The minimum absolute atomic E-state index is 0.0139. The van der Waals surface area contributed by atoms with E-state index >= 15 is 0 Å². The van der Waals surface area contributed by atoms with Crippen molar-refractivity contribution in [1.82, 2.24) is 5.32 Å². The van der Waals surface area contributed by atoms with Crippen LogP contribution in [0.4, 0.5) is 0 Å². The van der Waals surface area contributed by atoms with Crippen molar-refractivity contribution < 1.29 is 35.1 Å². The van der Waals surface area contributed by atoms with Crippen LogP contribution in [0, 0.1) is 46.3 Å². The molecule has 0 radical (unpaired) electrons. The first-order chi connectivity index (χ1) is 19.3. The Morgan fingerprint density at radius 3 is 2.37 bits per heavy atom. The Hall–Kier alpha value is -2.32. The van der Waals surface area contributed by atoms with Gasteiger partial charge in [0.1, 0.15) is 6.04 Å². The number of aromatic hydroxyl groups is 2. The van der Waals surface area contributed by atoms with Crippen LogP contribution in [0.1, 0.15) is 90.5 Å². The molecular formula is C33H49NO7. The second kappa shape index (κ2) is 11.4. The number of nitrogens with one attached hydrogen (secondary N) is 1. The SMILES string of the molecule is C[C@H](CCC(=O)N[C@@H](Cc1ccc(O)c(O)c1)C(=O)O)[C@H]1CC[C@H]2[C@@H]3C[C@H](O)[C@@H]4C[C@H](O)CC[C@]4(C)[C@H]3CC[C@]12C. The fraction of sp³-hybridized carbons (Fsp3) is 0.758. The Labute approximate surface area is 243 Å². The lowest BCUT2D eigenvalue weighted by molar-refractivity contribution is -0.172. The average Bonchev–Trinajstić information content (AvgIpc) is 3.27. The summed E-state index contributed by atoms with van der Waals surface area (Å²) in [5, 5.41) is 53.2. The maximum Gasteiger partial charge on any atom is 0.326 e. The number of carbonyl (C=O) groups is 2. The topological polar surface area (TPSA) is 147 Å². The largest absolute Gasteiger partial charge is 0.504 e. The number of hydrogen-bond acceptors (Lipinski definition) is 6. The Balaban J connectivity index is 1.19. The van der Waals surface area contributed by atoms with Crippen LogP contribution in [0.25, 0.3) is 0 Å². The lowest BCUT2D eigenvalue weighted by Crippen LogP contribution is -2.58. The minimum Gasteiger partial charge on any atom is -0.504 e. The van der Waals surface area contributed by atoms with Gasteiger partial charge in [-0.2, -0.15) is 0 Å². The standard InChI is InChI=1S/C33H49NO7/c1-18(4-9-30(39)34-26(31(40)41)14-19-5-8-27(36)29(38)15-19)22-6-7-23-21-17-28(37)25-16-20(35)10-12-33(25,3)24(21)11-13-32(22,23)2/h5,8,15,18,20-26,28,35-38H,4,6-7,9-14,16-17H2,1-3H3,(H,34,39)(H,40,41)/t18-,20-,21+,22-,23+,24+,25+,26+,28+,32-,33-/m1/s1. The summed E-state index contributed by atoms with van der Waals surface area (Å²) in [6.07, 6.45) is 8.39. The van der Waals surface area contributed by atoms with E-state index < -0.39 is 12.0 Å². The molecule has 228 valence electrons. The molecule has 1 amide bonds. The predicted octanol–water partition coefficient (Wildman–Crippen LogP) is 4.62. The van der Waals surface area contributed by atoms with Crippen LogP contribution in [-0.2, 0) is 16.0 Å². The van der Waals surface area contributed by atoms with Crippen molar-refractivity contribution in [2.75, 3.05) is 0 Å². The first-order valence-corrected chi connectivity index (χ1v) is 15.7. The number of phenolic OH excluding ortho intramolecular Hbond substituents is 2. The van der Waals surface area contributed by atoms with Crippen molar-refractivity contribution in [1.29, 1.82) is 0 Å². The maximum absolute atomic E-state index is 12.9. The van der Waals surface area contributed by atoms with Crippen molar-refractivity contribution in [3.8, 4) is 11.5 Å². The first kappa shape index (κ1) is 30.1. The number of aliphatic hydroxyl groups excluding tert-OH is 2. The third-order valence-electron chi connectivity index (χ3n) is 12.4. The monoisotopic (exact) mass is 571 g/mol. The fourth-order valence-corrected chi connectivity index (χ4v) is 10.2. The third kappa shape index (κ3) is 5.58. The third-order valence-corrected chi connectivity index (χ3v) is 12.4. The van der Waals surface area contributed by atoms with Gasteiger partial charge in [-0.1, -0.05) is 26.8 Å². The van der Waals surface area contributed by atoms with Crippen molar-refractivity contribution in [3.63, 3.8) is 0 Å². The van der Waals surface area contributed by atoms with Gasteiger partial charge in [0.15, 0.2) is 11.5 Å². The predicted molar refractivity (Wildman–Crippen MR) is 154 cm³/mol. The Morgan fingerprint density at radius 1 is 0.951 bits per heavy atom. The summed E-state index contributed by atoms with van der Waals surface area (Å²) in [6, 6.07) is 3.04. The molecule has 1 aromatic carbocycles. The number of aliphatic hydroxyl groups is 2. The molecule has 0 unspecified atom stereocenters. The molecule has 8 nitrogen and oxygen atoms in total. The number of phenols is 2. The quantitative estimate of drug-likeness (QED) is 0.250. The zero-order valence-electron chi connectivity index (χ0n) is 24.8. The van der Waals surface area contributed by atoms with Gasteiger partial charge in [-0.15, -0.1) is 0 Å². The smallest absolute Gasteiger partial charge is 0.326 e. The molecule has 0 aromatic heterocycles. The van der Waals surface area contributed by atoms with E-state index in [0.717, 1.165) is 38.5 Å². The van der Waals surface area contributed by atoms with Gasteiger partial charge in [0.05, 0.1) is 12.2 Å². The normalized spacial score (nSPS) is 39.6. The molecule has 0 heterocycles. The molecule has 5 rings (SSSR count). The number of fused-ring (bicyclic) bond motifs is 5. The summed E-state index contributed by atoms with van der Waals surface area (Å²) in [7, 11) is 0.